The normalized spacial score (nSPS) is 16.9. The molecule has 0 unspecified atom stereocenters. The summed E-state index contributed by atoms with van der Waals surface area (Å²) in [6, 6.07) is 13.8. The zero-order chi connectivity index (χ0) is 28.3. The summed E-state index contributed by atoms with van der Waals surface area (Å²) in [6.07, 6.45) is 9.13. The van der Waals surface area contributed by atoms with Crippen LogP contribution in [0.25, 0.3) is 22.2 Å². The molecule has 0 atom stereocenters. The number of nitrogens with zero attached hydrogens (tertiary/aromatic N) is 8. The molecule has 0 spiro atoms. The van der Waals surface area contributed by atoms with E-state index in [0.29, 0.717) is 24.3 Å². The summed E-state index contributed by atoms with van der Waals surface area (Å²) in [4.78, 5) is 25.8. The first kappa shape index (κ1) is 26.2. The summed E-state index contributed by atoms with van der Waals surface area (Å²) < 4.78 is 15.7. The summed E-state index contributed by atoms with van der Waals surface area (Å²) in [5.41, 5.74) is 3.53. The first-order valence-corrected chi connectivity index (χ1v) is 13.4. The summed E-state index contributed by atoms with van der Waals surface area (Å²) in [5.74, 6) is 0.807. The van der Waals surface area contributed by atoms with Gasteiger partial charge in [-0.1, -0.05) is 30.3 Å². The molecule has 1 amide bonds. The molecule has 0 bridgehead atoms. The number of benzene rings is 1. The Morgan fingerprint density at radius 3 is 2.63 bits per heavy atom. The van der Waals surface area contributed by atoms with Crippen LogP contribution in [0.5, 0.6) is 11.9 Å². The first-order valence-electron chi connectivity index (χ1n) is 13.4. The van der Waals surface area contributed by atoms with Crippen molar-refractivity contribution in [2.45, 2.75) is 44.4 Å². The van der Waals surface area contributed by atoms with Crippen LogP contribution in [-0.4, -0.2) is 58.9 Å². The van der Waals surface area contributed by atoms with E-state index in [1.807, 2.05) is 48.3 Å². The van der Waals surface area contributed by atoms with Crippen LogP contribution >= 0.6 is 0 Å². The number of fused-ring (bicyclic) bond motifs is 1. The van der Waals surface area contributed by atoms with Gasteiger partial charge in [0.25, 0.3) is 0 Å². The van der Waals surface area contributed by atoms with Gasteiger partial charge in [0, 0.05) is 55.8 Å². The van der Waals surface area contributed by atoms with E-state index in [4.69, 9.17) is 14.6 Å². The van der Waals surface area contributed by atoms with Gasteiger partial charge in [-0.25, -0.2) is 14.8 Å². The molecule has 4 aromatic heterocycles. The molecule has 4 heterocycles. The molecular weight excluding hydrogens is 524 g/mol. The fourth-order valence-corrected chi connectivity index (χ4v) is 5.09. The molecule has 0 saturated heterocycles. The fourth-order valence-electron chi connectivity index (χ4n) is 5.09. The van der Waals surface area contributed by atoms with Crippen LogP contribution in [0.2, 0.25) is 0 Å². The molecule has 12 nitrogen and oxygen atoms in total. The lowest BCUT2D eigenvalue weighted by atomic mass is 9.93. The maximum atomic E-state index is 11.6. The average Bonchev–Trinajstić information content (AvgIpc) is 3.60. The van der Waals surface area contributed by atoms with Crippen molar-refractivity contribution in [3.05, 3.63) is 72.8 Å². The topological polar surface area (TPSA) is 133 Å². The standard InChI is InChI=1S/C29H30N8O4/c1-35-17-20(15-32-35)27-23-16-31-25(36(2)29(38)39)14-24(23)37(34-27)21-8-10-22(11-9-21)41-28-30-13-12-26(33-28)40-18-19-6-4-3-5-7-19/h3-7,12-17,21-22H,8-11,18H2,1-2H3,(H,38,39). The predicted molar refractivity (Wildman–Crippen MR) is 151 cm³/mol. The second kappa shape index (κ2) is 11.2. The number of pyridine rings is 1. The molecule has 1 aliphatic rings. The number of carboxylic acid groups (broad SMARTS) is 1. The van der Waals surface area contributed by atoms with Crippen molar-refractivity contribution in [3.63, 3.8) is 0 Å². The zero-order valence-corrected chi connectivity index (χ0v) is 22.8. The van der Waals surface area contributed by atoms with Crippen LogP contribution in [0.3, 0.4) is 0 Å². The highest BCUT2D eigenvalue weighted by Crippen LogP contribution is 2.36. The Bertz CT molecular complexity index is 1660. The van der Waals surface area contributed by atoms with E-state index in [2.05, 4.69) is 20.1 Å². The monoisotopic (exact) mass is 554 g/mol. The van der Waals surface area contributed by atoms with E-state index >= 15 is 0 Å². The van der Waals surface area contributed by atoms with Crippen LogP contribution in [0, 0.1) is 0 Å². The summed E-state index contributed by atoms with van der Waals surface area (Å²) in [6.45, 7) is 0.417. The Hall–Kier alpha value is -5.00. The van der Waals surface area contributed by atoms with E-state index in [-0.39, 0.29) is 12.1 Å². The van der Waals surface area contributed by atoms with E-state index in [1.54, 1.807) is 35.4 Å². The SMILES string of the molecule is CN(C(=O)O)c1cc2c(cn1)c(-c1cnn(C)c1)nn2C1CCC(Oc2nccc(OCc3ccccc3)n2)CC1. The Balaban J connectivity index is 1.17. The number of amides is 1. The average molecular weight is 555 g/mol. The number of hydrogen-bond acceptors (Lipinski definition) is 8. The summed E-state index contributed by atoms with van der Waals surface area (Å²) in [5, 5.41) is 19.6. The van der Waals surface area contributed by atoms with Crippen LogP contribution < -0.4 is 14.4 Å². The lowest BCUT2D eigenvalue weighted by Gasteiger charge is -2.29. The number of rotatable bonds is 8. The molecule has 6 rings (SSSR count). The Kier molecular flexibility index (Phi) is 7.19. The number of hydrogen-bond donors (Lipinski definition) is 1. The molecule has 0 aliphatic heterocycles. The molecule has 5 aromatic rings. The van der Waals surface area contributed by atoms with Gasteiger partial charge in [-0.2, -0.15) is 15.2 Å². The summed E-state index contributed by atoms with van der Waals surface area (Å²) in [7, 11) is 3.34. The van der Waals surface area contributed by atoms with Crippen LogP contribution in [0.4, 0.5) is 10.6 Å². The van der Waals surface area contributed by atoms with Crippen LogP contribution in [0.15, 0.2) is 67.3 Å². The van der Waals surface area contributed by atoms with Crippen molar-refractivity contribution in [2.75, 3.05) is 11.9 Å². The first-order chi connectivity index (χ1) is 19.9. The minimum absolute atomic E-state index is 0.0365. The molecule has 1 aliphatic carbocycles. The highest BCUT2D eigenvalue weighted by atomic mass is 16.5. The molecule has 1 fully saturated rings. The van der Waals surface area contributed by atoms with E-state index in [0.717, 1.165) is 58.3 Å². The minimum atomic E-state index is -1.08. The Labute approximate surface area is 236 Å². The van der Waals surface area contributed by atoms with Gasteiger partial charge in [0.2, 0.25) is 5.88 Å². The molecule has 41 heavy (non-hydrogen) atoms. The largest absolute Gasteiger partial charge is 0.473 e. The van der Waals surface area contributed by atoms with Gasteiger partial charge in [0.15, 0.2) is 0 Å². The molecule has 1 aromatic carbocycles. The number of ether oxygens (including phenoxy) is 2. The van der Waals surface area contributed by atoms with Crippen LogP contribution in [0.1, 0.15) is 37.3 Å². The van der Waals surface area contributed by atoms with Crippen molar-refractivity contribution in [2.24, 2.45) is 7.05 Å². The van der Waals surface area contributed by atoms with Gasteiger partial charge in [-0.05, 0) is 31.2 Å². The maximum Gasteiger partial charge on any atom is 0.412 e. The number of carbonyl (C=O) groups is 1. The smallest absolute Gasteiger partial charge is 0.412 e. The van der Waals surface area contributed by atoms with Crippen molar-refractivity contribution in [1.29, 1.82) is 0 Å². The van der Waals surface area contributed by atoms with Gasteiger partial charge in [-0.15, -0.1) is 0 Å². The molecule has 1 saturated carbocycles. The third-order valence-corrected chi connectivity index (χ3v) is 7.29. The fraction of sp³-hybridized carbons (Fsp3) is 0.310. The lowest BCUT2D eigenvalue weighted by Crippen LogP contribution is -2.27. The van der Waals surface area contributed by atoms with Gasteiger partial charge >= 0.3 is 12.1 Å². The number of aromatic nitrogens is 7. The van der Waals surface area contributed by atoms with Crippen LogP contribution in [-0.2, 0) is 13.7 Å². The van der Waals surface area contributed by atoms with Gasteiger partial charge in [-0.3, -0.25) is 14.3 Å². The zero-order valence-electron chi connectivity index (χ0n) is 22.8. The number of anilines is 1. The van der Waals surface area contributed by atoms with Gasteiger partial charge in [0.05, 0.1) is 17.8 Å². The highest BCUT2D eigenvalue weighted by Gasteiger charge is 2.28. The van der Waals surface area contributed by atoms with E-state index in [1.165, 1.54) is 7.05 Å². The third-order valence-electron chi connectivity index (χ3n) is 7.29. The second-order valence-electron chi connectivity index (χ2n) is 10.1. The van der Waals surface area contributed by atoms with Crippen molar-refractivity contribution in [1.82, 2.24) is 34.5 Å². The second-order valence-corrected chi connectivity index (χ2v) is 10.1. The lowest BCUT2D eigenvalue weighted by molar-refractivity contribution is 0.118. The van der Waals surface area contributed by atoms with Crippen molar-refractivity contribution >= 4 is 22.8 Å². The van der Waals surface area contributed by atoms with Gasteiger partial charge < -0.3 is 14.6 Å². The maximum absolute atomic E-state index is 11.6. The van der Waals surface area contributed by atoms with Crippen molar-refractivity contribution < 1.29 is 19.4 Å². The summed E-state index contributed by atoms with van der Waals surface area (Å²) >= 11 is 0. The Morgan fingerprint density at radius 2 is 1.90 bits per heavy atom. The minimum Gasteiger partial charge on any atom is -0.473 e. The molecule has 12 heteroatoms. The number of aryl methyl sites for hydroxylation is 1. The Morgan fingerprint density at radius 1 is 1.10 bits per heavy atom. The van der Waals surface area contributed by atoms with Gasteiger partial charge in [0.1, 0.15) is 24.2 Å². The third kappa shape index (κ3) is 5.67. The molecule has 1 N–H and O–H groups in total. The molecule has 210 valence electrons. The van der Waals surface area contributed by atoms with Crippen molar-refractivity contribution in [3.8, 4) is 23.1 Å². The quantitative estimate of drug-likeness (QED) is 0.285. The molecular formula is C29H30N8O4. The highest BCUT2D eigenvalue weighted by molar-refractivity contribution is 5.95. The predicted octanol–water partition coefficient (Wildman–Crippen LogP) is 4.88. The van der Waals surface area contributed by atoms with E-state index < -0.39 is 6.09 Å². The van der Waals surface area contributed by atoms with E-state index in [9.17, 15) is 9.90 Å². The molecule has 0 radical (unpaired) electrons.